The first-order chi connectivity index (χ1) is 9.60. The number of benzene rings is 2. The molecule has 0 radical (unpaired) electrons. The Morgan fingerprint density at radius 1 is 1.05 bits per heavy atom. The number of ether oxygens (including phenoxy) is 1. The van der Waals surface area contributed by atoms with E-state index in [2.05, 4.69) is 31.3 Å². The number of rotatable bonds is 5. The largest absolute Gasteiger partial charge is 0.488 e. The van der Waals surface area contributed by atoms with Gasteiger partial charge >= 0.3 is 0 Å². The minimum atomic E-state index is 0.535. The zero-order valence-corrected chi connectivity index (χ0v) is 12.9. The normalized spacial score (nSPS) is 10.6. The molecule has 3 heteroatoms. The second kappa shape index (κ2) is 6.78. The molecule has 20 heavy (non-hydrogen) atoms. The number of halogens is 1. The molecule has 1 N–H and O–H groups in total. The summed E-state index contributed by atoms with van der Waals surface area (Å²) < 4.78 is 5.96. The van der Waals surface area contributed by atoms with Crippen LogP contribution in [0.3, 0.4) is 0 Å². The fourth-order valence-electron chi connectivity index (χ4n) is 2.36. The quantitative estimate of drug-likeness (QED) is 0.888. The summed E-state index contributed by atoms with van der Waals surface area (Å²) in [5.74, 6) is 0.963. The van der Waals surface area contributed by atoms with Gasteiger partial charge in [0.05, 0.1) is 0 Å². The SMILES string of the molecule is CNCc1cc(C)c(OCc2cccc(Cl)c2)c(C)c1. The molecule has 0 atom stereocenters. The first-order valence-corrected chi connectivity index (χ1v) is 7.10. The molecule has 0 aromatic heterocycles. The van der Waals surface area contributed by atoms with E-state index >= 15 is 0 Å². The molecule has 0 aliphatic heterocycles. The van der Waals surface area contributed by atoms with Gasteiger partial charge in [-0.2, -0.15) is 0 Å². The van der Waals surface area contributed by atoms with E-state index in [0.29, 0.717) is 6.61 Å². The first kappa shape index (κ1) is 14.9. The summed E-state index contributed by atoms with van der Waals surface area (Å²) in [6.45, 7) is 5.57. The molecule has 0 aliphatic carbocycles. The zero-order chi connectivity index (χ0) is 14.5. The van der Waals surface area contributed by atoms with Gasteiger partial charge in [-0.15, -0.1) is 0 Å². The van der Waals surface area contributed by atoms with Gasteiger partial charge in [-0.25, -0.2) is 0 Å². The molecule has 0 saturated carbocycles. The van der Waals surface area contributed by atoms with Crippen LogP contribution in [0.1, 0.15) is 22.3 Å². The van der Waals surface area contributed by atoms with Crippen molar-refractivity contribution in [1.82, 2.24) is 5.32 Å². The molecule has 0 aliphatic rings. The highest BCUT2D eigenvalue weighted by atomic mass is 35.5. The summed E-state index contributed by atoms with van der Waals surface area (Å²) in [4.78, 5) is 0. The van der Waals surface area contributed by atoms with Crippen molar-refractivity contribution < 1.29 is 4.74 Å². The van der Waals surface area contributed by atoms with Gasteiger partial charge in [-0.1, -0.05) is 35.9 Å². The average molecular weight is 290 g/mol. The van der Waals surface area contributed by atoms with Crippen LogP contribution in [0.5, 0.6) is 5.75 Å². The van der Waals surface area contributed by atoms with Gasteiger partial charge in [0.25, 0.3) is 0 Å². The minimum absolute atomic E-state index is 0.535. The summed E-state index contributed by atoms with van der Waals surface area (Å²) >= 11 is 5.98. The van der Waals surface area contributed by atoms with Crippen molar-refractivity contribution in [2.45, 2.75) is 27.0 Å². The lowest BCUT2D eigenvalue weighted by molar-refractivity contribution is 0.302. The maximum Gasteiger partial charge on any atom is 0.125 e. The molecular weight excluding hydrogens is 270 g/mol. The fraction of sp³-hybridized carbons (Fsp3) is 0.294. The van der Waals surface area contributed by atoms with E-state index in [0.717, 1.165) is 34.0 Å². The molecule has 0 spiro atoms. The topological polar surface area (TPSA) is 21.3 Å². The third-order valence-electron chi connectivity index (χ3n) is 3.17. The van der Waals surface area contributed by atoms with Crippen LogP contribution in [0.25, 0.3) is 0 Å². The number of hydrogen-bond acceptors (Lipinski definition) is 2. The molecule has 0 bridgehead atoms. The van der Waals surface area contributed by atoms with Gasteiger partial charge in [-0.3, -0.25) is 0 Å². The Balaban J connectivity index is 2.13. The molecule has 0 heterocycles. The van der Waals surface area contributed by atoms with Gasteiger partial charge < -0.3 is 10.1 Å². The molecule has 2 aromatic carbocycles. The van der Waals surface area contributed by atoms with Crippen LogP contribution in [0, 0.1) is 13.8 Å². The number of aryl methyl sites for hydroxylation is 2. The highest BCUT2D eigenvalue weighted by Gasteiger charge is 2.07. The van der Waals surface area contributed by atoms with Crippen molar-refractivity contribution in [3.63, 3.8) is 0 Å². The summed E-state index contributed by atoms with van der Waals surface area (Å²) in [5, 5.41) is 3.91. The molecule has 2 rings (SSSR count). The molecule has 0 saturated heterocycles. The van der Waals surface area contributed by atoms with Crippen molar-refractivity contribution >= 4 is 11.6 Å². The Bertz CT molecular complexity index is 572. The Morgan fingerprint density at radius 3 is 2.35 bits per heavy atom. The summed E-state index contributed by atoms with van der Waals surface area (Å²) in [6.07, 6.45) is 0. The molecule has 0 fully saturated rings. The van der Waals surface area contributed by atoms with E-state index in [4.69, 9.17) is 16.3 Å². The van der Waals surface area contributed by atoms with E-state index in [-0.39, 0.29) is 0 Å². The summed E-state index contributed by atoms with van der Waals surface area (Å²) in [7, 11) is 1.95. The van der Waals surface area contributed by atoms with Crippen molar-refractivity contribution in [1.29, 1.82) is 0 Å². The first-order valence-electron chi connectivity index (χ1n) is 6.72. The van der Waals surface area contributed by atoms with E-state index in [1.54, 1.807) is 0 Å². The fourth-order valence-corrected chi connectivity index (χ4v) is 2.57. The van der Waals surface area contributed by atoms with Crippen molar-refractivity contribution in [3.05, 3.63) is 63.7 Å². The van der Waals surface area contributed by atoms with Gasteiger partial charge in [0.1, 0.15) is 12.4 Å². The van der Waals surface area contributed by atoms with Crippen molar-refractivity contribution in [3.8, 4) is 5.75 Å². The van der Waals surface area contributed by atoms with E-state index < -0.39 is 0 Å². The number of nitrogens with one attached hydrogen (secondary N) is 1. The van der Waals surface area contributed by atoms with Gasteiger partial charge in [0, 0.05) is 11.6 Å². The number of hydrogen-bond donors (Lipinski definition) is 1. The lowest BCUT2D eigenvalue weighted by Gasteiger charge is -2.14. The highest BCUT2D eigenvalue weighted by molar-refractivity contribution is 6.30. The Kier molecular flexibility index (Phi) is 5.05. The second-order valence-corrected chi connectivity index (χ2v) is 5.44. The Labute approximate surface area is 125 Å². The van der Waals surface area contributed by atoms with E-state index in [1.807, 2.05) is 31.3 Å². The molecule has 0 unspecified atom stereocenters. The Morgan fingerprint density at radius 2 is 1.75 bits per heavy atom. The monoisotopic (exact) mass is 289 g/mol. The predicted molar refractivity (Wildman–Crippen MR) is 84.5 cm³/mol. The van der Waals surface area contributed by atoms with Crippen LogP contribution >= 0.6 is 11.6 Å². The third kappa shape index (κ3) is 3.75. The van der Waals surface area contributed by atoms with Crippen LogP contribution in [0.15, 0.2) is 36.4 Å². The summed E-state index contributed by atoms with van der Waals surface area (Å²) in [6, 6.07) is 12.1. The Hall–Kier alpha value is -1.51. The summed E-state index contributed by atoms with van der Waals surface area (Å²) in [5.41, 5.74) is 4.68. The van der Waals surface area contributed by atoms with Crippen LogP contribution in [0.4, 0.5) is 0 Å². The zero-order valence-electron chi connectivity index (χ0n) is 12.2. The maximum absolute atomic E-state index is 5.98. The standard InChI is InChI=1S/C17H20ClNO/c1-12-7-15(10-19-3)8-13(2)17(12)20-11-14-5-4-6-16(18)9-14/h4-9,19H,10-11H2,1-3H3. The lowest BCUT2D eigenvalue weighted by Crippen LogP contribution is -2.06. The van der Waals surface area contributed by atoms with Crippen LogP contribution in [-0.2, 0) is 13.2 Å². The maximum atomic E-state index is 5.98. The van der Waals surface area contributed by atoms with Crippen LogP contribution in [-0.4, -0.2) is 7.05 Å². The molecule has 0 amide bonds. The van der Waals surface area contributed by atoms with E-state index in [9.17, 15) is 0 Å². The predicted octanol–water partition coefficient (Wildman–Crippen LogP) is 4.26. The van der Waals surface area contributed by atoms with Gasteiger partial charge in [0.15, 0.2) is 0 Å². The second-order valence-electron chi connectivity index (χ2n) is 5.01. The molecule has 2 aromatic rings. The van der Waals surface area contributed by atoms with Gasteiger partial charge in [-0.05, 0) is 55.3 Å². The minimum Gasteiger partial charge on any atom is -0.488 e. The smallest absolute Gasteiger partial charge is 0.125 e. The third-order valence-corrected chi connectivity index (χ3v) is 3.41. The average Bonchev–Trinajstić information content (AvgIpc) is 2.38. The van der Waals surface area contributed by atoms with Crippen LogP contribution in [0.2, 0.25) is 5.02 Å². The van der Waals surface area contributed by atoms with Gasteiger partial charge in [0.2, 0.25) is 0 Å². The van der Waals surface area contributed by atoms with Crippen molar-refractivity contribution in [2.24, 2.45) is 0 Å². The molecular formula is C17H20ClNO. The molecule has 2 nitrogen and oxygen atoms in total. The van der Waals surface area contributed by atoms with Crippen molar-refractivity contribution in [2.75, 3.05) is 7.05 Å². The van der Waals surface area contributed by atoms with Crippen LogP contribution < -0.4 is 10.1 Å². The highest BCUT2D eigenvalue weighted by Crippen LogP contribution is 2.26. The molecule has 106 valence electrons. The lowest BCUT2D eigenvalue weighted by atomic mass is 10.1. The van der Waals surface area contributed by atoms with E-state index in [1.165, 1.54) is 5.56 Å².